The summed E-state index contributed by atoms with van der Waals surface area (Å²) in [5, 5.41) is 14.6. The van der Waals surface area contributed by atoms with E-state index in [1.54, 1.807) is 0 Å². The number of hydrogen-bond acceptors (Lipinski definition) is 7. The molecule has 40 heavy (non-hydrogen) atoms. The number of pyridine rings is 3. The quantitative estimate of drug-likeness (QED) is 0.135. The Balaban J connectivity index is 1.00. The molecule has 11 heteroatoms. The van der Waals surface area contributed by atoms with Crippen LogP contribution in [-0.4, -0.2) is 28.7 Å². The number of nitrogens with one attached hydrogen (secondary N) is 1. The number of nitrogens with two attached hydrogens (primary N) is 1. The highest BCUT2D eigenvalue weighted by Gasteiger charge is 2.55. The van der Waals surface area contributed by atoms with Gasteiger partial charge in [-0.05, 0) is 65.7 Å². The van der Waals surface area contributed by atoms with Crippen LogP contribution in [0.3, 0.4) is 0 Å². The predicted octanol–water partition coefficient (Wildman–Crippen LogP) is 5.70. The Bertz CT molecular complexity index is 1780. The summed E-state index contributed by atoms with van der Waals surface area (Å²) in [4.78, 5) is 23.9. The van der Waals surface area contributed by atoms with Crippen LogP contribution in [0.25, 0.3) is 11.3 Å². The van der Waals surface area contributed by atoms with Crippen LogP contribution < -0.4 is 11.1 Å². The van der Waals surface area contributed by atoms with E-state index in [-0.39, 0.29) is 10.8 Å². The highest BCUT2D eigenvalue weighted by atomic mass is 35.5. The highest BCUT2D eigenvalue weighted by molar-refractivity contribution is 6.29. The maximum absolute atomic E-state index is 11.3. The Morgan fingerprint density at radius 2 is 1.80 bits per heavy atom. The molecular formula is C29H29ClN8O2. The normalized spacial score (nSPS) is 23.5. The highest BCUT2D eigenvalue weighted by Crippen LogP contribution is 2.66. The lowest BCUT2D eigenvalue weighted by Crippen LogP contribution is -2.03. The van der Waals surface area contributed by atoms with Crippen molar-refractivity contribution >= 4 is 34.3 Å². The first-order valence-corrected chi connectivity index (χ1v) is 13.9. The van der Waals surface area contributed by atoms with Gasteiger partial charge >= 0.3 is 5.69 Å². The van der Waals surface area contributed by atoms with Gasteiger partial charge in [-0.2, -0.15) is 0 Å². The summed E-state index contributed by atoms with van der Waals surface area (Å²) in [6, 6.07) is 10.0. The molecule has 0 aromatic carbocycles. The molecule has 2 aliphatic rings. The van der Waals surface area contributed by atoms with Gasteiger partial charge in [0.1, 0.15) is 28.3 Å². The Morgan fingerprint density at radius 1 is 1.10 bits per heavy atom. The molecule has 204 valence electrons. The van der Waals surface area contributed by atoms with E-state index in [4.69, 9.17) is 17.3 Å². The molecule has 5 aromatic rings. The average molecular weight is 557 g/mol. The average Bonchev–Trinajstić information content (AvgIpc) is 3.72. The molecule has 10 nitrogen and oxygen atoms in total. The Kier molecular flexibility index (Phi) is 5.79. The smallest absolute Gasteiger partial charge is 0.310 e. The van der Waals surface area contributed by atoms with Crippen LogP contribution in [0.15, 0.2) is 61.3 Å². The SMILES string of the molecule is CC1(CC2CC2c2ccc3nc(CNc4cc(Cl)ncc4[N+](=O)[O-])cn3c2)CC1c1ccc2nc(CN)cn2c1. The zero-order valence-corrected chi connectivity index (χ0v) is 22.8. The number of hydrogen-bond donors (Lipinski definition) is 2. The van der Waals surface area contributed by atoms with Gasteiger partial charge in [0.2, 0.25) is 0 Å². The third-order valence-electron chi connectivity index (χ3n) is 8.60. The third-order valence-corrected chi connectivity index (χ3v) is 8.80. The van der Waals surface area contributed by atoms with Gasteiger partial charge in [0, 0.05) is 37.4 Å². The molecule has 4 atom stereocenters. The van der Waals surface area contributed by atoms with Crippen molar-refractivity contribution in [3.8, 4) is 0 Å². The van der Waals surface area contributed by atoms with Crippen LogP contribution in [0.4, 0.5) is 11.4 Å². The van der Waals surface area contributed by atoms with Crippen LogP contribution in [0.5, 0.6) is 0 Å². The molecule has 5 aromatic heterocycles. The van der Waals surface area contributed by atoms with Crippen molar-refractivity contribution < 1.29 is 4.92 Å². The lowest BCUT2D eigenvalue weighted by atomic mass is 9.94. The van der Waals surface area contributed by atoms with Crippen molar-refractivity contribution in [1.29, 1.82) is 0 Å². The van der Waals surface area contributed by atoms with E-state index in [1.165, 1.54) is 36.5 Å². The van der Waals surface area contributed by atoms with Crippen molar-refractivity contribution in [2.45, 2.75) is 51.1 Å². The second-order valence-corrected chi connectivity index (χ2v) is 11.9. The third kappa shape index (κ3) is 4.56. The summed E-state index contributed by atoms with van der Waals surface area (Å²) in [5.74, 6) is 1.84. The minimum Gasteiger partial charge on any atom is -0.374 e. The van der Waals surface area contributed by atoms with E-state index in [2.05, 4.69) is 68.3 Å². The van der Waals surface area contributed by atoms with Gasteiger partial charge < -0.3 is 19.9 Å². The number of imidazole rings is 2. The van der Waals surface area contributed by atoms with Crippen LogP contribution in [0.2, 0.25) is 5.15 Å². The van der Waals surface area contributed by atoms with Gasteiger partial charge in [0.25, 0.3) is 0 Å². The molecule has 5 heterocycles. The summed E-state index contributed by atoms with van der Waals surface area (Å²) in [7, 11) is 0. The summed E-state index contributed by atoms with van der Waals surface area (Å²) in [6.07, 6.45) is 13.2. The second-order valence-electron chi connectivity index (χ2n) is 11.5. The van der Waals surface area contributed by atoms with Crippen molar-refractivity contribution in [1.82, 2.24) is 23.8 Å². The van der Waals surface area contributed by atoms with Crippen LogP contribution in [0.1, 0.15) is 60.5 Å². The number of fused-ring (bicyclic) bond motifs is 2. The summed E-state index contributed by atoms with van der Waals surface area (Å²) >= 11 is 5.94. The Labute approximate surface area is 235 Å². The number of rotatable bonds is 9. The fraction of sp³-hybridized carbons (Fsp3) is 0.345. The molecule has 0 spiro atoms. The van der Waals surface area contributed by atoms with Crippen LogP contribution in [0, 0.1) is 21.4 Å². The molecule has 0 amide bonds. The molecule has 0 bridgehead atoms. The molecule has 0 radical (unpaired) electrons. The monoisotopic (exact) mass is 556 g/mol. The van der Waals surface area contributed by atoms with Gasteiger partial charge in [-0.1, -0.05) is 30.7 Å². The fourth-order valence-electron chi connectivity index (χ4n) is 6.26. The van der Waals surface area contributed by atoms with E-state index in [0.717, 1.165) is 28.9 Å². The first-order valence-electron chi connectivity index (χ1n) is 13.5. The van der Waals surface area contributed by atoms with Crippen molar-refractivity contribution in [2.24, 2.45) is 17.1 Å². The Hall–Kier alpha value is -4.02. The van der Waals surface area contributed by atoms with Crippen LogP contribution >= 0.6 is 11.6 Å². The predicted molar refractivity (Wildman–Crippen MR) is 152 cm³/mol. The molecule has 4 unspecified atom stereocenters. The van der Waals surface area contributed by atoms with Crippen molar-refractivity contribution in [2.75, 3.05) is 5.32 Å². The first kappa shape index (κ1) is 25.0. The lowest BCUT2D eigenvalue weighted by Gasteiger charge is -2.12. The summed E-state index contributed by atoms with van der Waals surface area (Å²) in [5.41, 5.74) is 12.5. The van der Waals surface area contributed by atoms with E-state index in [0.29, 0.717) is 41.9 Å². The molecule has 7 rings (SSSR count). The maximum atomic E-state index is 11.3. The Morgan fingerprint density at radius 3 is 2.55 bits per heavy atom. The van der Waals surface area contributed by atoms with E-state index in [9.17, 15) is 10.1 Å². The standard InChI is InChI=1S/C29H29ClN8O2/c1-29(9-23(29)18-3-5-27-34-20(10-31)15-37(27)14-18)8-19-6-22(19)17-2-4-28-35-21(16-36(28)13-17)11-32-24-7-26(30)33-12-25(24)38(39)40/h2-5,7,12-16,19,22-23H,6,8-11,31H2,1H3,(H,32,33). The number of aromatic nitrogens is 5. The summed E-state index contributed by atoms with van der Waals surface area (Å²) < 4.78 is 4.15. The first-order chi connectivity index (χ1) is 19.3. The fourth-order valence-corrected chi connectivity index (χ4v) is 6.42. The number of nitrogens with zero attached hydrogens (tertiary/aromatic N) is 6. The molecule has 2 saturated carbocycles. The topological polar surface area (TPSA) is 129 Å². The molecule has 2 fully saturated rings. The number of halogens is 1. The number of nitro groups is 1. The minimum absolute atomic E-state index is 0.121. The van der Waals surface area contributed by atoms with Gasteiger partial charge in [-0.3, -0.25) is 10.1 Å². The van der Waals surface area contributed by atoms with Gasteiger partial charge in [0.15, 0.2) is 0 Å². The minimum atomic E-state index is -0.478. The second kappa shape index (κ2) is 9.28. The zero-order valence-electron chi connectivity index (χ0n) is 22.0. The summed E-state index contributed by atoms with van der Waals surface area (Å²) in [6.45, 7) is 3.22. The van der Waals surface area contributed by atoms with E-state index < -0.39 is 4.92 Å². The lowest BCUT2D eigenvalue weighted by molar-refractivity contribution is -0.384. The largest absolute Gasteiger partial charge is 0.374 e. The zero-order chi connectivity index (χ0) is 27.6. The molecular weight excluding hydrogens is 528 g/mol. The van der Waals surface area contributed by atoms with Crippen molar-refractivity contribution in [3.05, 3.63) is 99.1 Å². The van der Waals surface area contributed by atoms with Crippen LogP contribution in [-0.2, 0) is 13.1 Å². The number of anilines is 1. The molecule has 2 aliphatic carbocycles. The molecule has 0 saturated heterocycles. The maximum Gasteiger partial charge on any atom is 0.310 e. The van der Waals surface area contributed by atoms with Gasteiger partial charge in [-0.15, -0.1) is 0 Å². The molecule has 3 N–H and O–H groups in total. The molecule has 0 aliphatic heterocycles. The van der Waals surface area contributed by atoms with Crippen molar-refractivity contribution in [3.63, 3.8) is 0 Å². The van der Waals surface area contributed by atoms with Gasteiger partial charge in [-0.25, -0.2) is 15.0 Å². The van der Waals surface area contributed by atoms with E-state index in [1.807, 2.05) is 16.8 Å². The van der Waals surface area contributed by atoms with E-state index >= 15 is 0 Å². The van der Waals surface area contributed by atoms with Gasteiger partial charge in [0.05, 0.1) is 22.9 Å².